The zero-order valence-electron chi connectivity index (χ0n) is 49.4. The van der Waals surface area contributed by atoms with Crippen molar-refractivity contribution < 1.29 is 120 Å². The number of alkyl halides is 3. The molecule has 0 aromatic heterocycles. The first kappa shape index (κ1) is 95.3. The van der Waals surface area contributed by atoms with Crippen molar-refractivity contribution in [3.63, 3.8) is 0 Å². The summed E-state index contributed by atoms with van der Waals surface area (Å²) in [5.74, 6) is -2.57. The van der Waals surface area contributed by atoms with Gasteiger partial charge in [-0.25, -0.2) is 14.4 Å². The third-order valence-electron chi connectivity index (χ3n) is 15.3. The number of hydrogen-bond donors (Lipinski definition) is 9. The van der Waals surface area contributed by atoms with Crippen molar-refractivity contribution in [1.29, 1.82) is 0 Å². The number of rotatable bonds is 22. The minimum absolute atomic E-state index is 0. The quantitative estimate of drug-likeness (QED) is 0.0183. The van der Waals surface area contributed by atoms with Gasteiger partial charge in [-0.15, -0.1) is 10.1 Å². The number of urea groups is 1. The van der Waals surface area contributed by atoms with E-state index in [1.54, 1.807) is 0 Å². The van der Waals surface area contributed by atoms with Gasteiger partial charge in [0, 0.05) is 95.4 Å². The van der Waals surface area contributed by atoms with Crippen LogP contribution in [-0.4, -0.2) is 208 Å². The number of esters is 2. The largest absolute Gasteiger partial charge is 1.00 e. The van der Waals surface area contributed by atoms with Crippen molar-refractivity contribution in [2.24, 2.45) is 0 Å². The van der Waals surface area contributed by atoms with Crippen LogP contribution < -0.4 is 72.1 Å². The Balaban J connectivity index is -0.00000110. The topological polar surface area (TPSA) is 361 Å². The molecule has 0 radical (unpaired) electrons. The normalized spacial score (nSPS) is 26.1. The first-order chi connectivity index (χ1) is 41.4. The van der Waals surface area contributed by atoms with Gasteiger partial charge in [-0.3, -0.25) is 33.6 Å². The number of ether oxygens (including phenoxy) is 2. The molecule has 0 aromatic carbocycles. The van der Waals surface area contributed by atoms with E-state index in [1.165, 1.54) is 14.2 Å². The molecule has 0 unspecified atom stereocenters. The number of imide groups is 2. The van der Waals surface area contributed by atoms with Gasteiger partial charge < -0.3 is 72.3 Å². The summed E-state index contributed by atoms with van der Waals surface area (Å²) >= 11 is 23.1. The molecule has 0 bridgehead atoms. The van der Waals surface area contributed by atoms with E-state index in [2.05, 4.69) is 56.8 Å². The second-order valence-electron chi connectivity index (χ2n) is 21.5. The number of thioether (sulfide) groups is 4. The Morgan fingerprint density at radius 2 is 0.747 bits per heavy atom. The van der Waals surface area contributed by atoms with Crippen LogP contribution in [0.2, 0.25) is 0 Å². The molecule has 0 aliphatic carbocycles. The molecule has 12 atom stereocenters. The van der Waals surface area contributed by atoms with Crippen molar-refractivity contribution >= 4 is 159 Å². The van der Waals surface area contributed by atoms with E-state index in [4.69, 9.17) is 46.6 Å². The van der Waals surface area contributed by atoms with Gasteiger partial charge in [0.1, 0.15) is 0 Å². The van der Waals surface area contributed by atoms with E-state index in [0.717, 1.165) is 109 Å². The fourth-order valence-electron chi connectivity index (χ4n) is 10.8. The number of nitrogens with zero attached hydrogens (tertiary/aromatic N) is 2. The minimum atomic E-state index is -5.22. The molecule has 10 aliphatic heterocycles. The summed E-state index contributed by atoms with van der Waals surface area (Å²) in [4.78, 5) is 118. The number of amides is 6. The number of carboxylic acids is 1. The van der Waals surface area contributed by atoms with Gasteiger partial charge in [0.15, 0.2) is 15.3 Å². The first-order valence-electron chi connectivity index (χ1n) is 28.8. The van der Waals surface area contributed by atoms with E-state index >= 15 is 0 Å². The standard InChI is InChI=1S/C14H19N3O4S2.C11H18N2O3S.C11H18N2O2S2.C10H16N2O2S2.C6H4F3NO4.6CH4.Na.H2O/c18-10-5-6-11(19)17(10)21-12(20)4-2-1-3-9-13-8(7-23-9)15-14(22)16-13;1-16-9(14)5-3-2-4-8-10-7(6-17-8)12-11(15)13-10;1-15-9(14)5-3-2-4-8-10-7(6-17-8)12-11(16)13-10;13-8(14)4-2-1-3-7-9-6(5-16-7)11-10(15)12-9;7-6(8,9)5(13)14-10-3(11)1-2-4(10)12;;;;;;;;/h8-9,13H,1-7H2,(H2,15,16,22);7-8,10H,2-6H2,1H3,(H2,12,13,15);7-8,10H,2-6H2,1H3,(H2,12,13,16);6-7,9H,1-5H2,(H,13,14)(H2,11,12,15);1-2H2;6*1H4;;1H2/q;;;;;;;;;;;+1;/p-1/t8-,9-,13-;2*7-,8-,10-;6-,7-,9-;;;;;;;;;/m0000........./s1. The summed E-state index contributed by atoms with van der Waals surface area (Å²) < 4.78 is 44.1. The van der Waals surface area contributed by atoms with Gasteiger partial charge in [0.25, 0.3) is 23.6 Å². The molecule has 10 aliphatic rings. The van der Waals surface area contributed by atoms with E-state index in [1.807, 2.05) is 47.0 Å². The summed E-state index contributed by atoms with van der Waals surface area (Å²) in [6, 6.07) is 3.20. The molecule has 37 heteroatoms. The van der Waals surface area contributed by atoms with Crippen LogP contribution in [-0.2, 0) is 62.3 Å². The molecule has 10 saturated heterocycles. The van der Waals surface area contributed by atoms with Crippen LogP contribution in [0.25, 0.3) is 0 Å². The minimum Gasteiger partial charge on any atom is -0.870 e. The predicted molar refractivity (Wildman–Crippen MR) is 372 cm³/mol. The van der Waals surface area contributed by atoms with Gasteiger partial charge in [-0.1, -0.05) is 70.2 Å². The molecular weight excluding hydrogens is 1400 g/mol. The molecule has 0 saturated carbocycles. The van der Waals surface area contributed by atoms with Gasteiger partial charge in [0.05, 0.1) is 62.6 Å². The van der Waals surface area contributed by atoms with Gasteiger partial charge in [0.2, 0.25) is 0 Å². The Morgan fingerprint density at radius 3 is 1.05 bits per heavy atom. The smallest absolute Gasteiger partial charge is 0.870 e. The first-order valence-corrected chi connectivity index (χ1v) is 34.2. The van der Waals surface area contributed by atoms with Crippen molar-refractivity contribution in [3.05, 3.63) is 0 Å². The third-order valence-corrected chi connectivity index (χ3v) is 22.0. The number of halogens is 3. The Morgan fingerprint density at radius 1 is 0.463 bits per heavy atom. The number of carbonyl (C=O) groups excluding carboxylic acids is 9. The van der Waals surface area contributed by atoms with Crippen molar-refractivity contribution in [2.45, 2.75) is 248 Å². The molecule has 10 rings (SSSR count). The molecular formula is C58H100F3N10NaO16S7. The van der Waals surface area contributed by atoms with E-state index in [-0.39, 0.29) is 153 Å². The average Bonchev–Trinajstić information content (AvgIpc) is 1.70. The van der Waals surface area contributed by atoms with Gasteiger partial charge >= 0.3 is 71.6 Å². The number of hydrogen-bond acceptors (Lipinski definition) is 22. The Labute approximate surface area is 612 Å². The van der Waals surface area contributed by atoms with E-state index in [0.29, 0.717) is 81.6 Å². The van der Waals surface area contributed by atoms with Crippen LogP contribution in [0, 0.1) is 0 Å². The van der Waals surface area contributed by atoms with E-state index < -0.39 is 47.7 Å². The number of aliphatic carboxylic acids is 1. The third kappa shape index (κ3) is 30.2. The molecule has 542 valence electrons. The number of fused-ring (bicyclic) bond motifs is 4. The van der Waals surface area contributed by atoms with Crippen LogP contribution in [0.5, 0.6) is 0 Å². The average molecular weight is 1500 g/mol. The number of unbranched alkanes of at least 4 members (excludes halogenated alkanes) is 4. The number of carboxylic acid groups (broad SMARTS) is 1. The molecule has 0 aromatic rings. The predicted octanol–water partition coefficient (Wildman–Crippen LogP) is 4.18. The number of hydroxylamine groups is 4. The van der Waals surface area contributed by atoms with Gasteiger partial charge in [-0.2, -0.15) is 60.2 Å². The zero-order chi connectivity index (χ0) is 63.4. The maximum Gasteiger partial charge on any atom is 1.00 e. The molecule has 10 heterocycles. The summed E-state index contributed by atoms with van der Waals surface area (Å²) in [7, 11) is 2.86. The summed E-state index contributed by atoms with van der Waals surface area (Å²) in [5.41, 5.74) is 0. The fraction of sp³-hybridized carbons (Fsp3) is 0.776. The van der Waals surface area contributed by atoms with Crippen molar-refractivity contribution in [2.75, 3.05) is 37.2 Å². The van der Waals surface area contributed by atoms with Crippen molar-refractivity contribution in [3.8, 4) is 0 Å². The molecule has 10 N–H and O–H groups in total. The van der Waals surface area contributed by atoms with Crippen LogP contribution in [0.3, 0.4) is 0 Å². The fourth-order valence-corrected chi connectivity index (χ4v) is 17.9. The number of methoxy groups -OCH3 is 2. The second-order valence-corrected chi connectivity index (χ2v) is 27.8. The number of thiocarbonyl (C=S) groups is 3. The Hall–Kier alpha value is -3.88. The summed E-state index contributed by atoms with van der Waals surface area (Å²) in [6.45, 7) is 0. The number of carbonyl (C=O) groups is 10. The van der Waals surface area contributed by atoms with Crippen LogP contribution in [0.4, 0.5) is 18.0 Å². The molecule has 6 amide bonds. The van der Waals surface area contributed by atoms with Crippen LogP contribution in [0.1, 0.15) is 173 Å². The summed E-state index contributed by atoms with van der Waals surface area (Å²) in [6.07, 6.45) is 7.53. The molecule has 26 nitrogen and oxygen atoms in total. The Kier molecular flexibility index (Phi) is 47.4. The Bertz CT molecular complexity index is 2460. The second kappa shape index (κ2) is 47.2. The van der Waals surface area contributed by atoms with Gasteiger partial charge in [-0.05, 0) is 88.0 Å². The van der Waals surface area contributed by atoms with Crippen LogP contribution in [0.15, 0.2) is 0 Å². The molecule has 95 heavy (non-hydrogen) atoms. The molecule has 0 spiro atoms. The summed E-state index contributed by atoms with van der Waals surface area (Å²) in [5, 5.41) is 39.1. The maximum absolute atomic E-state index is 11.7. The number of nitrogens with one attached hydrogen (secondary N) is 8. The van der Waals surface area contributed by atoms with Crippen molar-refractivity contribution in [1.82, 2.24) is 52.7 Å². The maximum atomic E-state index is 11.7. The monoisotopic (exact) mass is 1500 g/mol. The molecule has 10 fully saturated rings. The van der Waals surface area contributed by atoms with Crippen LogP contribution >= 0.6 is 83.7 Å². The zero-order valence-corrected chi connectivity index (χ0v) is 57.1. The SMILES string of the molecule is C.C.C.C.C.C.COC(=O)CCCC[C@@H]1SC[C@@H]2NC(=O)N[C@@H]21.COC(=O)CCCC[C@@H]1SC[C@@H]2NC(=S)N[C@@H]21.O=C(CCCC[C@@H]1SC[C@@H]2NC(=S)N[C@@H]21)ON1C(=O)CCC1=O.O=C(O)CCCC[C@@H]1SC[C@@H]2NC(=S)N[C@@H]21.O=C1CCC(=O)N1OC(=O)C(F)(F)F.[Na+].[OH-]. The van der Waals surface area contributed by atoms with E-state index in [9.17, 15) is 61.1 Å².